The lowest BCUT2D eigenvalue weighted by atomic mass is 9.76. The zero-order valence-corrected chi connectivity index (χ0v) is 19.5. The summed E-state index contributed by atoms with van der Waals surface area (Å²) in [5.74, 6) is 1.64. The molecule has 0 aromatic carbocycles. The van der Waals surface area contributed by atoms with Crippen LogP contribution in [0.5, 0.6) is 5.88 Å². The van der Waals surface area contributed by atoms with E-state index < -0.39 is 11.7 Å². The molecule has 0 bridgehead atoms. The Kier molecular flexibility index (Phi) is 7.26. The van der Waals surface area contributed by atoms with Crippen molar-refractivity contribution in [2.24, 2.45) is 5.92 Å². The van der Waals surface area contributed by atoms with E-state index in [-0.39, 0.29) is 19.1 Å². The summed E-state index contributed by atoms with van der Waals surface area (Å²) in [5, 5.41) is 23.6. The molecule has 2 unspecified atom stereocenters. The Labute approximate surface area is 194 Å². The number of aromatic nitrogens is 3. The van der Waals surface area contributed by atoms with Gasteiger partial charge in [-0.1, -0.05) is 43.2 Å². The highest BCUT2D eigenvalue weighted by Gasteiger charge is 2.47. The Morgan fingerprint density at radius 3 is 2.73 bits per heavy atom. The highest BCUT2D eigenvalue weighted by Crippen LogP contribution is 2.44. The number of allylic oxidation sites excluding steroid dienone is 2. The van der Waals surface area contributed by atoms with Gasteiger partial charge in [0.2, 0.25) is 11.7 Å². The molecule has 2 aliphatic rings. The van der Waals surface area contributed by atoms with Gasteiger partial charge in [-0.2, -0.15) is 4.98 Å². The average Bonchev–Trinajstić information content (AvgIpc) is 3.55. The van der Waals surface area contributed by atoms with Gasteiger partial charge in [0.1, 0.15) is 6.10 Å². The van der Waals surface area contributed by atoms with Crippen LogP contribution in [0.1, 0.15) is 63.4 Å². The molecular weight excluding hydrogens is 422 g/mol. The number of aliphatic hydroxyl groups is 2. The van der Waals surface area contributed by atoms with Crippen LogP contribution in [0.3, 0.4) is 0 Å². The van der Waals surface area contributed by atoms with Crippen LogP contribution < -0.4 is 4.74 Å². The van der Waals surface area contributed by atoms with Gasteiger partial charge < -0.3 is 24.2 Å². The van der Waals surface area contributed by atoms with Gasteiger partial charge in [-0.15, -0.1) is 0 Å². The first kappa shape index (κ1) is 23.6. The lowest BCUT2D eigenvalue weighted by Crippen LogP contribution is -2.43. The molecule has 178 valence electrons. The molecule has 33 heavy (non-hydrogen) atoms. The van der Waals surface area contributed by atoms with Gasteiger partial charge in [-0.3, -0.25) is 0 Å². The maximum atomic E-state index is 9.97. The predicted molar refractivity (Wildman–Crippen MR) is 123 cm³/mol. The maximum absolute atomic E-state index is 9.97. The number of ether oxygens (including phenoxy) is 2. The summed E-state index contributed by atoms with van der Waals surface area (Å²) in [6.45, 7) is 3.59. The minimum absolute atomic E-state index is 0.0508. The van der Waals surface area contributed by atoms with Crippen molar-refractivity contribution in [2.75, 3.05) is 20.3 Å². The smallest absolute Gasteiger partial charge is 0.258 e. The molecule has 2 aromatic rings. The third-order valence-electron chi connectivity index (χ3n) is 6.76. The molecule has 2 aliphatic carbocycles. The first-order valence-electron chi connectivity index (χ1n) is 11.7. The Bertz CT molecular complexity index is 1010. The van der Waals surface area contributed by atoms with Crippen molar-refractivity contribution in [1.82, 2.24) is 15.1 Å². The van der Waals surface area contributed by atoms with Crippen molar-refractivity contribution in [3.8, 4) is 17.3 Å². The summed E-state index contributed by atoms with van der Waals surface area (Å²) in [6, 6.07) is 3.82. The van der Waals surface area contributed by atoms with Gasteiger partial charge in [0.15, 0.2) is 5.60 Å². The maximum Gasteiger partial charge on any atom is 0.258 e. The normalized spacial score (nSPS) is 24.2. The van der Waals surface area contributed by atoms with Crippen LogP contribution in [-0.2, 0) is 10.3 Å². The molecular formula is C25H33N3O5. The summed E-state index contributed by atoms with van der Waals surface area (Å²) < 4.78 is 17.5. The van der Waals surface area contributed by atoms with Crippen molar-refractivity contribution in [3.63, 3.8) is 0 Å². The van der Waals surface area contributed by atoms with Gasteiger partial charge in [-0.25, -0.2) is 4.98 Å². The molecule has 3 atom stereocenters. The molecule has 1 saturated carbocycles. The fourth-order valence-corrected chi connectivity index (χ4v) is 4.89. The van der Waals surface area contributed by atoms with Gasteiger partial charge in [-0.05, 0) is 37.8 Å². The van der Waals surface area contributed by atoms with Crippen molar-refractivity contribution in [3.05, 3.63) is 47.5 Å². The average molecular weight is 456 g/mol. The number of hydrogen-bond acceptors (Lipinski definition) is 8. The topological polar surface area (TPSA) is 111 Å². The highest BCUT2D eigenvalue weighted by molar-refractivity contribution is 5.56. The summed E-state index contributed by atoms with van der Waals surface area (Å²) in [6.07, 6.45) is 10.4. The lowest BCUT2D eigenvalue weighted by Gasteiger charge is -2.39. The second-order valence-corrected chi connectivity index (χ2v) is 8.86. The number of nitrogens with zero attached hydrogens (tertiary/aromatic N) is 3. The van der Waals surface area contributed by atoms with E-state index in [9.17, 15) is 10.2 Å². The monoisotopic (exact) mass is 455 g/mol. The van der Waals surface area contributed by atoms with Crippen LogP contribution in [0.25, 0.3) is 11.5 Å². The minimum atomic E-state index is -0.997. The zero-order chi connectivity index (χ0) is 23.4. The Morgan fingerprint density at radius 2 is 2.03 bits per heavy atom. The molecule has 1 fully saturated rings. The van der Waals surface area contributed by atoms with Gasteiger partial charge >= 0.3 is 0 Å². The van der Waals surface area contributed by atoms with E-state index in [0.29, 0.717) is 23.5 Å². The first-order valence-corrected chi connectivity index (χ1v) is 11.7. The second kappa shape index (κ2) is 10.2. The summed E-state index contributed by atoms with van der Waals surface area (Å²) in [4.78, 5) is 9.43. The van der Waals surface area contributed by atoms with Crippen molar-refractivity contribution >= 4 is 0 Å². The third-order valence-corrected chi connectivity index (χ3v) is 6.76. The molecule has 2 aromatic heterocycles. The molecule has 8 nitrogen and oxygen atoms in total. The van der Waals surface area contributed by atoms with Crippen LogP contribution in [0.15, 0.2) is 40.5 Å². The van der Waals surface area contributed by atoms with Crippen LogP contribution in [-0.4, -0.2) is 51.8 Å². The van der Waals surface area contributed by atoms with E-state index in [0.717, 1.165) is 36.1 Å². The molecule has 2 heterocycles. The molecule has 0 aliphatic heterocycles. The second-order valence-electron chi connectivity index (χ2n) is 8.86. The van der Waals surface area contributed by atoms with E-state index >= 15 is 0 Å². The van der Waals surface area contributed by atoms with E-state index in [1.54, 1.807) is 13.2 Å². The van der Waals surface area contributed by atoms with Crippen LogP contribution >= 0.6 is 0 Å². The van der Waals surface area contributed by atoms with E-state index in [1.165, 1.54) is 12.8 Å². The third kappa shape index (κ3) is 4.60. The lowest BCUT2D eigenvalue weighted by molar-refractivity contribution is -0.100. The van der Waals surface area contributed by atoms with Gasteiger partial charge in [0.25, 0.3) is 5.89 Å². The fourth-order valence-electron chi connectivity index (χ4n) is 4.89. The predicted octanol–water partition coefficient (Wildman–Crippen LogP) is 3.91. The molecule has 0 spiro atoms. The number of methoxy groups -OCH3 is 1. The number of aliphatic hydroxyl groups excluding tert-OH is 2. The van der Waals surface area contributed by atoms with E-state index in [2.05, 4.69) is 23.1 Å². The van der Waals surface area contributed by atoms with Crippen LogP contribution in [0.2, 0.25) is 0 Å². The Hall–Kier alpha value is -2.55. The molecule has 0 radical (unpaired) electrons. The molecule has 4 rings (SSSR count). The fraction of sp³-hybridized carbons (Fsp3) is 0.560. The Balaban J connectivity index is 1.73. The number of rotatable bonds is 9. The first-order chi connectivity index (χ1) is 16.0. The van der Waals surface area contributed by atoms with E-state index in [4.69, 9.17) is 19.0 Å². The quantitative estimate of drug-likeness (QED) is 0.586. The molecule has 0 saturated heterocycles. The summed E-state index contributed by atoms with van der Waals surface area (Å²) >= 11 is 0. The van der Waals surface area contributed by atoms with Crippen molar-refractivity contribution in [1.29, 1.82) is 0 Å². The number of hydrogen-bond donors (Lipinski definition) is 2. The Morgan fingerprint density at radius 1 is 1.24 bits per heavy atom. The van der Waals surface area contributed by atoms with Crippen LogP contribution in [0.4, 0.5) is 0 Å². The zero-order valence-electron chi connectivity index (χ0n) is 19.5. The summed E-state index contributed by atoms with van der Waals surface area (Å²) in [5.41, 5.74) is 1.66. The van der Waals surface area contributed by atoms with Crippen molar-refractivity contribution < 1.29 is 24.2 Å². The van der Waals surface area contributed by atoms with Crippen LogP contribution in [0, 0.1) is 5.92 Å². The van der Waals surface area contributed by atoms with Crippen molar-refractivity contribution in [2.45, 2.75) is 63.6 Å². The SMILES string of the molecule is CCC1C=CC=C(C)C1(OC[C@@H](O)CO)c1noc(-c2cc(OC)nc(C3CCCC3)c2)n1. The highest BCUT2D eigenvalue weighted by atomic mass is 16.5. The number of pyridine rings is 1. The molecule has 8 heteroatoms. The largest absolute Gasteiger partial charge is 0.481 e. The summed E-state index contributed by atoms with van der Waals surface area (Å²) in [7, 11) is 1.60. The van der Waals surface area contributed by atoms with E-state index in [1.807, 2.05) is 25.1 Å². The van der Waals surface area contributed by atoms with Gasteiger partial charge in [0.05, 0.1) is 20.3 Å². The molecule has 2 N–H and O–H groups in total. The minimum Gasteiger partial charge on any atom is -0.481 e. The van der Waals surface area contributed by atoms with Gasteiger partial charge in [0, 0.05) is 29.2 Å². The standard InChI is InChI=1S/C25H33N3O5/c1-4-19-11-7-8-16(2)25(19,32-15-20(30)14-29)24-27-23(33-28-24)18-12-21(17-9-5-6-10-17)26-22(13-18)31-3/h7-8,11-13,17,19-20,29-30H,4-6,9-10,14-15H2,1-3H3/t19?,20-,25?/m0/s1. The molecule has 0 amide bonds.